The molecule has 0 saturated carbocycles. The van der Waals surface area contributed by atoms with E-state index in [4.69, 9.17) is 4.52 Å². The smallest absolute Gasteiger partial charge is 0.150 e. The van der Waals surface area contributed by atoms with Crippen molar-refractivity contribution in [1.82, 2.24) is 5.16 Å². The highest BCUT2D eigenvalue weighted by Crippen LogP contribution is 2.52. The molecular formula is C15H14N2OS. The Morgan fingerprint density at radius 2 is 2.16 bits per heavy atom. The van der Waals surface area contributed by atoms with Gasteiger partial charge in [0.2, 0.25) is 0 Å². The third-order valence-corrected chi connectivity index (χ3v) is 5.65. The van der Waals surface area contributed by atoms with Crippen molar-refractivity contribution in [2.45, 2.75) is 43.9 Å². The minimum absolute atomic E-state index is 0.0667. The van der Waals surface area contributed by atoms with Crippen LogP contribution in [0.3, 0.4) is 0 Å². The molecule has 1 unspecified atom stereocenters. The van der Waals surface area contributed by atoms with Gasteiger partial charge in [0.05, 0.1) is 17.2 Å². The monoisotopic (exact) mass is 270 g/mol. The molecule has 2 aromatic rings. The highest BCUT2D eigenvalue weighted by atomic mass is 32.1. The molecule has 2 aliphatic rings. The molecule has 2 heterocycles. The second kappa shape index (κ2) is 3.94. The Morgan fingerprint density at radius 3 is 3.00 bits per heavy atom. The van der Waals surface area contributed by atoms with E-state index >= 15 is 0 Å². The van der Waals surface area contributed by atoms with Crippen molar-refractivity contribution in [2.75, 3.05) is 0 Å². The van der Waals surface area contributed by atoms with Gasteiger partial charge >= 0.3 is 0 Å². The van der Waals surface area contributed by atoms with Gasteiger partial charge in [0, 0.05) is 15.8 Å². The largest absolute Gasteiger partial charge is 0.360 e. The molecule has 3 nitrogen and oxygen atoms in total. The highest BCUT2D eigenvalue weighted by molar-refractivity contribution is 7.10. The summed E-state index contributed by atoms with van der Waals surface area (Å²) in [5.41, 5.74) is 3.28. The zero-order valence-corrected chi connectivity index (χ0v) is 11.4. The molecule has 19 heavy (non-hydrogen) atoms. The number of thiophene rings is 1. The van der Waals surface area contributed by atoms with Gasteiger partial charge in [-0.3, -0.25) is 0 Å². The SMILES string of the molecule is N#Cc1csc2c1C1(CCCc3cnoc31)CCC2. The van der Waals surface area contributed by atoms with Crippen LogP contribution in [0.4, 0.5) is 0 Å². The lowest BCUT2D eigenvalue weighted by molar-refractivity contribution is 0.264. The maximum Gasteiger partial charge on any atom is 0.150 e. The molecule has 1 spiro atoms. The molecule has 4 heteroatoms. The Kier molecular flexibility index (Phi) is 2.33. The van der Waals surface area contributed by atoms with E-state index in [0.717, 1.165) is 43.4 Å². The third-order valence-electron chi connectivity index (χ3n) is 4.60. The Balaban J connectivity index is 2.01. The van der Waals surface area contributed by atoms with Crippen molar-refractivity contribution in [3.8, 4) is 6.07 Å². The standard InChI is InChI=1S/C15H14N2OS/c16-7-11-9-19-12-4-2-6-15(13(11)12)5-1-3-10-8-17-18-14(10)15/h8-9H,1-6H2. The number of hydrogen-bond donors (Lipinski definition) is 0. The Labute approximate surface area is 115 Å². The predicted octanol–water partition coefficient (Wildman–Crippen LogP) is 3.57. The average molecular weight is 270 g/mol. The molecule has 0 aliphatic heterocycles. The molecule has 0 radical (unpaired) electrons. The highest BCUT2D eigenvalue weighted by Gasteiger charge is 2.46. The maximum atomic E-state index is 9.41. The van der Waals surface area contributed by atoms with E-state index in [-0.39, 0.29) is 5.41 Å². The van der Waals surface area contributed by atoms with Crippen LogP contribution in [-0.4, -0.2) is 5.16 Å². The Hall–Kier alpha value is -1.60. The van der Waals surface area contributed by atoms with Crippen molar-refractivity contribution in [3.05, 3.63) is 38.9 Å². The number of nitriles is 1. The molecule has 0 fully saturated rings. The van der Waals surface area contributed by atoms with E-state index in [1.54, 1.807) is 11.3 Å². The van der Waals surface area contributed by atoms with Crippen LogP contribution in [0.1, 0.15) is 53.0 Å². The summed E-state index contributed by atoms with van der Waals surface area (Å²) < 4.78 is 5.62. The summed E-state index contributed by atoms with van der Waals surface area (Å²) in [6.45, 7) is 0. The lowest BCUT2D eigenvalue weighted by Crippen LogP contribution is -2.35. The summed E-state index contributed by atoms with van der Waals surface area (Å²) in [5.74, 6) is 1.04. The van der Waals surface area contributed by atoms with E-state index in [0.29, 0.717) is 0 Å². The Morgan fingerprint density at radius 1 is 1.32 bits per heavy atom. The quantitative estimate of drug-likeness (QED) is 0.735. The molecule has 1 atom stereocenters. The van der Waals surface area contributed by atoms with E-state index in [2.05, 4.69) is 11.2 Å². The maximum absolute atomic E-state index is 9.41. The first-order valence-electron chi connectivity index (χ1n) is 6.80. The molecule has 0 bridgehead atoms. The molecule has 2 aromatic heterocycles. The summed E-state index contributed by atoms with van der Waals surface area (Å²) in [7, 11) is 0. The minimum atomic E-state index is -0.0667. The fourth-order valence-corrected chi connectivity index (χ4v) is 4.98. The number of aromatic nitrogens is 1. The molecule has 4 rings (SSSR count). The van der Waals surface area contributed by atoms with Crippen LogP contribution in [0.15, 0.2) is 16.1 Å². The zero-order chi connectivity index (χ0) is 12.9. The first-order valence-corrected chi connectivity index (χ1v) is 7.68. The van der Waals surface area contributed by atoms with Gasteiger partial charge in [-0.15, -0.1) is 11.3 Å². The van der Waals surface area contributed by atoms with Gasteiger partial charge in [-0.25, -0.2) is 0 Å². The van der Waals surface area contributed by atoms with E-state index in [1.165, 1.54) is 22.4 Å². The molecule has 2 aliphatic carbocycles. The number of hydrogen-bond acceptors (Lipinski definition) is 4. The lowest BCUT2D eigenvalue weighted by Gasteiger charge is -2.39. The van der Waals surface area contributed by atoms with Crippen LogP contribution < -0.4 is 0 Å². The first-order chi connectivity index (χ1) is 9.35. The van der Waals surface area contributed by atoms with Crippen LogP contribution in [-0.2, 0) is 18.3 Å². The topological polar surface area (TPSA) is 49.8 Å². The predicted molar refractivity (Wildman–Crippen MR) is 72.2 cm³/mol. The number of nitrogens with zero attached hydrogens (tertiary/aromatic N) is 2. The van der Waals surface area contributed by atoms with Gasteiger partial charge in [-0.05, 0) is 44.1 Å². The molecule has 0 saturated heterocycles. The molecule has 0 amide bonds. The molecular weight excluding hydrogens is 256 g/mol. The summed E-state index contributed by atoms with van der Waals surface area (Å²) in [5, 5.41) is 15.4. The summed E-state index contributed by atoms with van der Waals surface area (Å²) in [6.07, 6.45) is 8.55. The summed E-state index contributed by atoms with van der Waals surface area (Å²) >= 11 is 1.74. The van der Waals surface area contributed by atoms with Crippen molar-refractivity contribution >= 4 is 11.3 Å². The fourth-order valence-electron chi connectivity index (χ4n) is 3.87. The van der Waals surface area contributed by atoms with E-state index in [1.807, 2.05) is 11.6 Å². The fraction of sp³-hybridized carbons (Fsp3) is 0.467. The lowest BCUT2D eigenvalue weighted by atomic mass is 9.63. The minimum Gasteiger partial charge on any atom is -0.360 e. The molecule has 0 N–H and O–H groups in total. The summed E-state index contributed by atoms with van der Waals surface area (Å²) in [4.78, 5) is 1.38. The van der Waals surface area contributed by atoms with Gasteiger partial charge < -0.3 is 4.52 Å². The number of rotatable bonds is 0. The van der Waals surface area contributed by atoms with Crippen molar-refractivity contribution in [1.29, 1.82) is 5.26 Å². The second-order valence-corrected chi connectivity index (χ2v) is 6.49. The van der Waals surface area contributed by atoms with Crippen LogP contribution >= 0.6 is 11.3 Å². The third kappa shape index (κ3) is 1.39. The second-order valence-electron chi connectivity index (χ2n) is 5.53. The van der Waals surface area contributed by atoms with Crippen molar-refractivity contribution < 1.29 is 4.52 Å². The zero-order valence-electron chi connectivity index (χ0n) is 10.6. The van der Waals surface area contributed by atoms with Gasteiger partial charge in [0.25, 0.3) is 0 Å². The average Bonchev–Trinajstić information content (AvgIpc) is 3.06. The number of fused-ring (bicyclic) bond motifs is 4. The van der Waals surface area contributed by atoms with E-state index in [9.17, 15) is 5.26 Å². The van der Waals surface area contributed by atoms with Crippen LogP contribution in [0.5, 0.6) is 0 Å². The summed E-state index contributed by atoms with van der Waals surface area (Å²) in [6, 6.07) is 2.38. The normalized spacial score (nSPS) is 24.8. The first kappa shape index (κ1) is 11.2. The van der Waals surface area contributed by atoms with Crippen LogP contribution in [0.2, 0.25) is 0 Å². The molecule has 96 valence electrons. The van der Waals surface area contributed by atoms with Gasteiger partial charge in [-0.2, -0.15) is 5.26 Å². The van der Waals surface area contributed by atoms with Gasteiger partial charge in [0.15, 0.2) is 0 Å². The van der Waals surface area contributed by atoms with Crippen molar-refractivity contribution in [3.63, 3.8) is 0 Å². The Bertz CT molecular complexity index is 675. The number of aryl methyl sites for hydroxylation is 2. The van der Waals surface area contributed by atoms with Crippen LogP contribution in [0, 0.1) is 11.3 Å². The molecule has 0 aromatic carbocycles. The van der Waals surface area contributed by atoms with E-state index < -0.39 is 0 Å². The van der Waals surface area contributed by atoms with Crippen molar-refractivity contribution in [2.24, 2.45) is 0 Å². The van der Waals surface area contributed by atoms with Gasteiger partial charge in [0.1, 0.15) is 11.8 Å². The van der Waals surface area contributed by atoms with Gasteiger partial charge in [-0.1, -0.05) is 5.16 Å². The van der Waals surface area contributed by atoms with Crippen LogP contribution in [0.25, 0.3) is 0 Å².